The molecule has 16 heavy (non-hydrogen) atoms. The highest BCUT2D eigenvalue weighted by atomic mass is 16.5. The van der Waals surface area contributed by atoms with E-state index in [0.717, 1.165) is 5.69 Å². The van der Waals surface area contributed by atoms with Crippen molar-refractivity contribution < 1.29 is 9.53 Å². The monoisotopic (exact) mass is 222 g/mol. The topological polar surface area (TPSA) is 55.6 Å². The van der Waals surface area contributed by atoms with Gasteiger partial charge in [-0.05, 0) is 24.7 Å². The molecule has 0 spiro atoms. The molecule has 0 saturated carbocycles. The number of ketones is 1. The molecular formula is C12H18N2O2. The minimum atomic E-state index is 0.0167. The molecule has 0 amide bonds. The van der Waals surface area contributed by atoms with E-state index in [-0.39, 0.29) is 5.78 Å². The second-order valence-corrected chi connectivity index (χ2v) is 3.74. The van der Waals surface area contributed by atoms with E-state index >= 15 is 0 Å². The Morgan fingerprint density at radius 1 is 1.44 bits per heavy atom. The third-order valence-electron chi connectivity index (χ3n) is 2.37. The summed E-state index contributed by atoms with van der Waals surface area (Å²) in [6.07, 6.45) is 0.341. The molecule has 1 aromatic carbocycles. The van der Waals surface area contributed by atoms with Crippen LogP contribution in [0.5, 0.6) is 5.75 Å². The number of anilines is 1. The van der Waals surface area contributed by atoms with Gasteiger partial charge in [0, 0.05) is 26.2 Å². The van der Waals surface area contributed by atoms with E-state index in [0.29, 0.717) is 24.3 Å². The van der Waals surface area contributed by atoms with Crippen LogP contribution in [0, 0.1) is 0 Å². The van der Waals surface area contributed by atoms with E-state index in [1.165, 1.54) is 0 Å². The largest absolute Gasteiger partial charge is 0.496 e. The highest BCUT2D eigenvalue weighted by Gasteiger charge is 2.12. The van der Waals surface area contributed by atoms with Crippen LogP contribution in [0.1, 0.15) is 16.8 Å². The lowest BCUT2D eigenvalue weighted by molar-refractivity contribution is 0.0982. The fourth-order valence-corrected chi connectivity index (χ4v) is 1.46. The lowest BCUT2D eigenvalue weighted by Crippen LogP contribution is -2.12. The van der Waals surface area contributed by atoms with Gasteiger partial charge < -0.3 is 15.4 Å². The van der Waals surface area contributed by atoms with Crippen LogP contribution >= 0.6 is 0 Å². The van der Waals surface area contributed by atoms with Gasteiger partial charge in [0.1, 0.15) is 5.75 Å². The fourth-order valence-electron chi connectivity index (χ4n) is 1.46. The van der Waals surface area contributed by atoms with E-state index < -0.39 is 0 Å². The number of hydrogen-bond donors (Lipinski definition) is 1. The predicted molar refractivity (Wildman–Crippen MR) is 65.3 cm³/mol. The molecule has 0 unspecified atom stereocenters. The van der Waals surface area contributed by atoms with Crippen molar-refractivity contribution in [3.63, 3.8) is 0 Å². The summed E-state index contributed by atoms with van der Waals surface area (Å²) in [4.78, 5) is 13.8. The molecule has 0 fully saturated rings. The van der Waals surface area contributed by atoms with Crippen LogP contribution in [-0.4, -0.2) is 33.5 Å². The van der Waals surface area contributed by atoms with E-state index in [1.54, 1.807) is 13.2 Å². The number of nitrogens with zero attached hydrogens (tertiary/aromatic N) is 1. The smallest absolute Gasteiger partial charge is 0.167 e. The van der Waals surface area contributed by atoms with Gasteiger partial charge in [-0.15, -0.1) is 0 Å². The van der Waals surface area contributed by atoms with E-state index in [9.17, 15) is 4.79 Å². The van der Waals surface area contributed by atoms with Crippen LogP contribution in [0.2, 0.25) is 0 Å². The Bertz CT molecular complexity index is 375. The molecule has 2 N–H and O–H groups in total. The Balaban J connectivity index is 3.11. The zero-order chi connectivity index (χ0) is 12.1. The number of hydrogen-bond acceptors (Lipinski definition) is 4. The summed E-state index contributed by atoms with van der Waals surface area (Å²) in [6, 6.07) is 5.55. The molecule has 0 heterocycles. The quantitative estimate of drug-likeness (QED) is 0.763. The van der Waals surface area contributed by atoms with Crippen molar-refractivity contribution in [2.45, 2.75) is 6.42 Å². The normalized spacial score (nSPS) is 10.0. The molecule has 0 radical (unpaired) electrons. The van der Waals surface area contributed by atoms with Crippen LogP contribution in [-0.2, 0) is 0 Å². The Morgan fingerprint density at radius 2 is 2.12 bits per heavy atom. The summed E-state index contributed by atoms with van der Waals surface area (Å²) in [5.41, 5.74) is 6.95. The second-order valence-electron chi connectivity index (χ2n) is 3.74. The van der Waals surface area contributed by atoms with Gasteiger partial charge in [-0.1, -0.05) is 0 Å². The molecule has 0 aliphatic carbocycles. The van der Waals surface area contributed by atoms with E-state index in [4.69, 9.17) is 10.5 Å². The van der Waals surface area contributed by atoms with Gasteiger partial charge >= 0.3 is 0 Å². The molecule has 4 heteroatoms. The number of carbonyl (C=O) groups is 1. The number of methoxy groups -OCH3 is 1. The number of carbonyl (C=O) groups excluding carboxylic acids is 1. The number of rotatable bonds is 5. The van der Waals surface area contributed by atoms with Crippen LogP contribution in [0.4, 0.5) is 5.69 Å². The fraction of sp³-hybridized carbons (Fsp3) is 0.417. The Hall–Kier alpha value is -1.55. The SMILES string of the molecule is COc1ccc(N(C)C)cc1C(=O)CCN. The molecule has 0 saturated heterocycles. The maximum Gasteiger partial charge on any atom is 0.167 e. The predicted octanol–water partition coefficient (Wildman–Crippen LogP) is 1.29. The molecule has 4 nitrogen and oxygen atoms in total. The number of benzene rings is 1. The summed E-state index contributed by atoms with van der Waals surface area (Å²) in [5, 5.41) is 0. The summed E-state index contributed by atoms with van der Waals surface area (Å²) in [5.74, 6) is 0.618. The Morgan fingerprint density at radius 3 is 2.62 bits per heavy atom. The minimum Gasteiger partial charge on any atom is -0.496 e. The highest BCUT2D eigenvalue weighted by Crippen LogP contribution is 2.25. The van der Waals surface area contributed by atoms with Crippen molar-refractivity contribution in [2.24, 2.45) is 5.73 Å². The van der Waals surface area contributed by atoms with Crippen molar-refractivity contribution in [3.05, 3.63) is 23.8 Å². The van der Waals surface area contributed by atoms with Gasteiger partial charge in [-0.25, -0.2) is 0 Å². The maximum atomic E-state index is 11.8. The molecule has 0 atom stereocenters. The standard InChI is InChI=1S/C12H18N2O2/c1-14(2)9-4-5-12(16-3)10(8-9)11(15)6-7-13/h4-5,8H,6-7,13H2,1-3H3. The van der Waals surface area contributed by atoms with Crippen LogP contribution in [0.3, 0.4) is 0 Å². The summed E-state index contributed by atoms with van der Waals surface area (Å²) in [7, 11) is 5.42. The van der Waals surface area contributed by atoms with Crippen molar-refractivity contribution in [3.8, 4) is 5.75 Å². The van der Waals surface area contributed by atoms with Gasteiger partial charge in [0.25, 0.3) is 0 Å². The summed E-state index contributed by atoms with van der Waals surface area (Å²) >= 11 is 0. The molecule has 0 aromatic heterocycles. The number of ether oxygens (including phenoxy) is 1. The summed E-state index contributed by atoms with van der Waals surface area (Å²) in [6.45, 7) is 0.355. The summed E-state index contributed by atoms with van der Waals surface area (Å²) < 4.78 is 5.17. The van der Waals surface area contributed by atoms with E-state index in [1.807, 2.05) is 31.1 Å². The average molecular weight is 222 g/mol. The van der Waals surface area contributed by atoms with Gasteiger partial charge in [-0.3, -0.25) is 4.79 Å². The first-order chi connectivity index (χ1) is 7.60. The van der Waals surface area contributed by atoms with Crippen LogP contribution in [0.25, 0.3) is 0 Å². The maximum absolute atomic E-state index is 11.8. The Labute approximate surface area is 96.0 Å². The van der Waals surface area contributed by atoms with Crippen molar-refractivity contribution in [1.82, 2.24) is 0 Å². The van der Waals surface area contributed by atoms with Gasteiger partial charge in [-0.2, -0.15) is 0 Å². The van der Waals surface area contributed by atoms with Crippen LogP contribution in [0.15, 0.2) is 18.2 Å². The Kier molecular flexibility index (Phi) is 4.31. The first-order valence-corrected chi connectivity index (χ1v) is 5.18. The lowest BCUT2D eigenvalue weighted by atomic mass is 10.1. The van der Waals surface area contributed by atoms with Crippen molar-refractivity contribution in [2.75, 3.05) is 32.6 Å². The third kappa shape index (κ3) is 2.73. The molecular weight excluding hydrogens is 204 g/mol. The number of Topliss-reactive ketones (excluding diaryl/α,β-unsaturated/α-hetero) is 1. The third-order valence-corrected chi connectivity index (χ3v) is 2.37. The first-order valence-electron chi connectivity index (χ1n) is 5.18. The van der Waals surface area contributed by atoms with Crippen molar-refractivity contribution >= 4 is 11.5 Å². The van der Waals surface area contributed by atoms with E-state index in [2.05, 4.69) is 0 Å². The molecule has 0 bridgehead atoms. The van der Waals surface area contributed by atoms with Crippen molar-refractivity contribution in [1.29, 1.82) is 0 Å². The molecule has 1 aromatic rings. The highest BCUT2D eigenvalue weighted by molar-refractivity contribution is 5.99. The second kappa shape index (κ2) is 5.51. The lowest BCUT2D eigenvalue weighted by Gasteiger charge is -2.15. The van der Waals surface area contributed by atoms with Crippen LogP contribution < -0.4 is 15.4 Å². The molecule has 88 valence electrons. The minimum absolute atomic E-state index is 0.0167. The zero-order valence-electron chi connectivity index (χ0n) is 9.99. The molecule has 0 aliphatic rings. The average Bonchev–Trinajstić information content (AvgIpc) is 2.28. The first kappa shape index (κ1) is 12.5. The van der Waals surface area contributed by atoms with Gasteiger partial charge in [0.2, 0.25) is 0 Å². The molecule has 1 rings (SSSR count). The number of nitrogens with two attached hydrogens (primary N) is 1. The van der Waals surface area contributed by atoms with Gasteiger partial charge in [0.05, 0.1) is 12.7 Å². The zero-order valence-corrected chi connectivity index (χ0v) is 9.99. The molecule has 0 aliphatic heterocycles. The van der Waals surface area contributed by atoms with Gasteiger partial charge in [0.15, 0.2) is 5.78 Å².